The van der Waals surface area contributed by atoms with Crippen molar-refractivity contribution in [2.75, 3.05) is 0 Å². The maximum absolute atomic E-state index is 5.92. The molecule has 0 unspecified atom stereocenters. The van der Waals surface area contributed by atoms with Crippen molar-refractivity contribution in [3.63, 3.8) is 0 Å². The Morgan fingerprint density at radius 3 is 1.69 bits per heavy atom. The maximum Gasteiger partial charge on any atom is 0.0790 e. The minimum atomic E-state index is 0.310. The van der Waals surface area contributed by atoms with Gasteiger partial charge in [-0.3, -0.25) is 0 Å². The van der Waals surface area contributed by atoms with Gasteiger partial charge in [0.05, 0.1) is 4.99 Å². The molecule has 0 spiro atoms. The van der Waals surface area contributed by atoms with E-state index in [1.165, 1.54) is 38.5 Å². The molecule has 72 valence electrons. The molecule has 0 amide bonds. The molecule has 4 fully saturated rings. The molecule has 0 radical (unpaired) electrons. The Labute approximate surface area is 85.1 Å². The van der Waals surface area contributed by atoms with Crippen LogP contribution in [0.15, 0.2) is 0 Å². The summed E-state index contributed by atoms with van der Waals surface area (Å²) in [6, 6.07) is 0. The van der Waals surface area contributed by atoms with E-state index >= 15 is 0 Å². The van der Waals surface area contributed by atoms with Crippen molar-refractivity contribution < 1.29 is 0 Å². The SMILES string of the molecule is NC(=S)C12CC3CC(CC(C3)C1)C2. The standard InChI is InChI=1S/C11H17NS/c12-10(13)11-4-7-1-8(5-11)3-9(2-7)6-11/h7-9H,1-6H2,(H2,12,13). The first kappa shape index (κ1) is 8.22. The summed E-state index contributed by atoms with van der Waals surface area (Å²) in [6.07, 6.45) is 8.36. The number of hydrogen-bond donors (Lipinski definition) is 1. The molecular formula is C11H17NS. The third-order valence-corrected chi connectivity index (χ3v) is 4.99. The highest BCUT2D eigenvalue weighted by Gasteiger charge is 2.52. The van der Waals surface area contributed by atoms with Gasteiger partial charge in [0.15, 0.2) is 0 Å². The zero-order chi connectivity index (χ0) is 9.05. The summed E-state index contributed by atoms with van der Waals surface area (Å²) in [6.45, 7) is 0. The van der Waals surface area contributed by atoms with Crippen LogP contribution in [0.25, 0.3) is 0 Å². The molecule has 2 N–H and O–H groups in total. The van der Waals surface area contributed by atoms with Crippen LogP contribution < -0.4 is 5.73 Å². The van der Waals surface area contributed by atoms with E-state index in [9.17, 15) is 0 Å². The molecule has 0 aromatic rings. The highest BCUT2D eigenvalue weighted by Crippen LogP contribution is 2.59. The van der Waals surface area contributed by atoms with Gasteiger partial charge in [0.25, 0.3) is 0 Å². The Morgan fingerprint density at radius 2 is 1.38 bits per heavy atom. The molecule has 0 saturated heterocycles. The lowest BCUT2D eigenvalue weighted by molar-refractivity contribution is -0.0116. The van der Waals surface area contributed by atoms with Gasteiger partial charge in [-0.25, -0.2) is 0 Å². The minimum Gasteiger partial charge on any atom is -0.393 e. The normalized spacial score (nSPS) is 52.5. The smallest absolute Gasteiger partial charge is 0.0790 e. The Kier molecular flexibility index (Phi) is 1.56. The van der Waals surface area contributed by atoms with Crippen molar-refractivity contribution in [3.05, 3.63) is 0 Å². The van der Waals surface area contributed by atoms with Crippen LogP contribution in [0.1, 0.15) is 38.5 Å². The number of nitrogens with two attached hydrogens (primary N) is 1. The van der Waals surface area contributed by atoms with Crippen molar-refractivity contribution in [2.45, 2.75) is 38.5 Å². The molecule has 0 aromatic carbocycles. The van der Waals surface area contributed by atoms with Gasteiger partial charge in [-0.1, -0.05) is 12.2 Å². The van der Waals surface area contributed by atoms with E-state index in [1.807, 2.05) is 0 Å². The molecule has 4 aliphatic carbocycles. The Bertz CT molecular complexity index is 224. The van der Waals surface area contributed by atoms with Crippen LogP contribution >= 0.6 is 12.2 Å². The lowest BCUT2D eigenvalue weighted by Crippen LogP contribution is -2.51. The number of rotatable bonds is 1. The van der Waals surface area contributed by atoms with E-state index in [-0.39, 0.29) is 0 Å². The van der Waals surface area contributed by atoms with Crippen molar-refractivity contribution in [1.82, 2.24) is 0 Å². The fraction of sp³-hybridized carbons (Fsp3) is 0.909. The molecule has 0 atom stereocenters. The second-order valence-electron chi connectivity index (χ2n) is 5.56. The van der Waals surface area contributed by atoms with Crippen LogP contribution in [0, 0.1) is 23.2 Å². The molecule has 0 heterocycles. The molecule has 4 aliphatic rings. The second-order valence-corrected chi connectivity index (χ2v) is 6.00. The molecule has 4 rings (SSSR count). The monoisotopic (exact) mass is 195 g/mol. The molecule has 0 aromatic heterocycles. The zero-order valence-electron chi connectivity index (χ0n) is 7.96. The molecule has 4 bridgehead atoms. The largest absolute Gasteiger partial charge is 0.393 e. The predicted octanol–water partition coefficient (Wildman–Crippen LogP) is 2.49. The van der Waals surface area contributed by atoms with Crippen LogP contribution in [0.3, 0.4) is 0 Å². The minimum absolute atomic E-state index is 0.310. The Balaban J connectivity index is 1.95. The summed E-state index contributed by atoms with van der Waals surface area (Å²) in [5.41, 5.74) is 6.23. The first-order chi connectivity index (χ1) is 6.18. The predicted molar refractivity (Wildman–Crippen MR) is 57.4 cm³/mol. The van der Waals surface area contributed by atoms with Gasteiger partial charge in [-0.05, 0) is 56.3 Å². The second kappa shape index (κ2) is 2.47. The van der Waals surface area contributed by atoms with Gasteiger partial charge >= 0.3 is 0 Å². The van der Waals surface area contributed by atoms with E-state index in [1.54, 1.807) is 0 Å². The molecule has 2 heteroatoms. The lowest BCUT2D eigenvalue weighted by atomic mass is 9.49. The Morgan fingerprint density at radius 1 is 1.00 bits per heavy atom. The molecule has 13 heavy (non-hydrogen) atoms. The summed E-state index contributed by atoms with van der Waals surface area (Å²) >= 11 is 5.26. The van der Waals surface area contributed by atoms with Gasteiger partial charge < -0.3 is 5.73 Å². The van der Waals surface area contributed by atoms with E-state index in [4.69, 9.17) is 18.0 Å². The zero-order valence-corrected chi connectivity index (χ0v) is 8.78. The average Bonchev–Trinajstić information content (AvgIpc) is 2.00. The van der Waals surface area contributed by atoms with Crippen LogP contribution in [-0.4, -0.2) is 4.99 Å². The lowest BCUT2D eigenvalue weighted by Gasteiger charge is -2.56. The first-order valence-electron chi connectivity index (χ1n) is 5.48. The first-order valence-corrected chi connectivity index (χ1v) is 5.89. The average molecular weight is 195 g/mol. The molecular weight excluding hydrogens is 178 g/mol. The summed E-state index contributed by atoms with van der Waals surface area (Å²) < 4.78 is 0. The third-order valence-electron chi connectivity index (χ3n) is 4.56. The van der Waals surface area contributed by atoms with E-state index < -0.39 is 0 Å². The van der Waals surface area contributed by atoms with Gasteiger partial charge in [0.2, 0.25) is 0 Å². The van der Waals surface area contributed by atoms with Crippen molar-refractivity contribution in [3.8, 4) is 0 Å². The quantitative estimate of drug-likeness (QED) is 0.651. The van der Waals surface area contributed by atoms with Crippen molar-refractivity contribution in [2.24, 2.45) is 28.9 Å². The van der Waals surface area contributed by atoms with Crippen LogP contribution in [-0.2, 0) is 0 Å². The van der Waals surface area contributed by atoms with Crippen molar-refractivity contribution >= 4 is 17.2 Å². The molecule has 4 saturated carbocycles. The maximum atomic E-state index is 5.92. The van der Waals surface area contributed by atoms with Gasteiger partial charge in [-0.15, -0.1) is 0 Å². The highest BCUT2D eigenvalue weighted by molar-refractivity contribution is 7.80. The van der Waals surface area contributed by atoms with Gasteiger partial charge in [-0.2, -0.15) is 0 Å². The fourth-order valence-electron chi connectivity index (χ4n) is 4.41. The number of thiocarbonyl (C=S) groups is 1. The van der Waals surface area contributed by atoms with Crippen LogP contribution in [0.2, 0.25) is 0 Å². The summed E-state index contributed by atoms with van der Waals surface area (Å²) in [7, 11) is 0. The van der Waals surface area contributed by atoms with Gasteiger partial charge in [0, 0.05) is 5.41 Å². The topological polar surface area (TPSA) is 26.0 Å². The van der Waals surface area contributed by atoms with Crippen LogP contribution in [0.4, 0.5) is 0 Å². The van der Waals surface area contributed by atoms with E-state index in [0.717, 1.165) is 22.7 Å². The number of hydrogen-bond acceptors (Lipinski definition) is 1. The summed E-state index contributed by atoms with van der Waals surface area (Å²) in [4.78, 5) is 0.826. The van der Waals surface area contributed by atoms with Gasteiger partial charge in [0.1, 0.15) is 0 Å². The van der Waals surface area contributed by atoms with Crippen LogP contribution in [0.5, 0.6) is 0 Å². The summed E-state index contributed by atoms with van der Waals surface area (Å²) in [5.74, 6) is 2.90. The van der Waals surface area contributed by atoms with E-state index in [2.05, 4.69) is 0 Å². The fourth-order valence-corrected chi connectivity index (χ4v) is 4.66. The van der Waals surface area contributed by atoms with E-state index in [0.29, 0.717) is 5.41 Å². The summed E-state index contributed by atoms with van der Waals surface area (Å²) in [5, 5.41) is 0. The Hall–Kier alpha value is -0.110. The molecule has 0 aliphatic heterocycles. The highest BCUT2D eigenvalue weighted by atomic mass is 32.1. The van der Waals surface area contributed by atoms with Crippen molar-refractivity contribution in [1.29, 1.82) is 0 Å². The third kappa shape index (κ3) is 1.08. The molecule has 1 nitrogen and oxygen atoms in total.